The standard InChI is InChI=1S/C27H24N6O9S2/c28-20-13-9-18(10-14-20)25(34)30-33(44(40,41)42,31-26(35)19-11-15-21(29)16-12-19)27(36)32(22-5-2-1-3-6-22)23-7-4-8-24(17-23)43(37,38)39/h1-17H,(H7-,28,29,30,31,34,35,37,38,39,40,41,42)/p+1. The van der Waals surface area contributed by atoms with E-state index in [1.54, 1.807) is 6.07 Å². The lowest BCUT2D eigenvalue weighted by molar-refractivity contribution is -0.801. The number of nitrogens with one attached hydrogen (secondary N) is 2. The number of anilines is 4. The number of benzene rings is 4. The van der Waals surface area contributed by atoms with Crippen molar-refractivity contribution in [3.05, 3.63) is 114 Å². The number of carbonyl (C=O) groups excluding carboxylic acids is 3. The quantitative estimate of drug-likeness (QED) is 0.0774. The van der Waals surface area contributed by atoms with Gasteiger partial charge in [-0.2, -0.15) is 13.2 Å². The topological polar surface area (TPSA) is 239 Å². The number of hydrogen-bond donors (Lipinski definition) is 6. The minimum absolute atomic E-state index is 0.0976. The number of quaternary nitrogens is 1. The van der Waals surface area contributed by atoms with Crippen LogP contribution in [0.4, 0.5) is 27.5 Å². The minimum Gasteiger partial charge on any atom is -0.399 e. The van der Waals surface area contributed by atoms with Gasteiger partial charge in [-0.25, -0.2) is 9.45 Å². The summed E-state index contributed by atoms with van der Waals surface area (Å²) in [6, 6.07) is 19.5. The zero-order valence-corrected chi connectivity index (χ0v) is 24.1. The Kier molecular flexibility index (Phi) is 8.70. The molecule has 0 unspecified atom stereocenters. The number of rotatable bonds is 6. The molecule has 0 aliphatic carbocycles. The van der Waals surface area contributed by atoms with Crippen molar-refractivity contribution >= 4 is 61.0 Å². The fourth-order valence-corrected chi connectivity index (χ4v) is 5.09. The average Bonchev–Trinajstić information content (AvgIpc) is 2.97. The fraction of sp³-hybridized carbons (Fsp3) is 0. The van der Waals surface area contributed by atoms with Crippen molar-refractivity contribution < 1.29 is 44.4 Å². The number of amides is 4. The first-order valence-electron chi connectivity index (χ1n) is 12.3. The van der Waals surface area contributed by atoms with Crippen LogP contribution >= 0.6 is 0 Å². The molecule has 44 heavy (non-hydrogen) atoms. The van der Waals surface area contributed by atoms with Crippen molar-refractivity contribution in [2.75, 3.05) is 16.4 Å². The molecule has 228 valence electrons. The summed E-state index contributed by atoms with van der Waals surface area (Å²) in [4.78, 5) is 41.2. The highest BCUT2D eigenvalue weighted by Gasteiger charge is 2.58. The first-order chi connectivity index (χ1) is 20.6. The molecule has 0 aliphatic rings. The molecule has 4 rings (SSSR count). The predicted octanol–water partition coefficient (Wildman–Crippen LogP) is 2.67. The first kappa shape index (κ1) is 31.6. The summed E-state index contributed by atoms with van der Waals surface area (Å²) in [5.74, 6) is -2.51. The molecule has 0 spiro atoms. The highest BCUT2D eigenvalue weighted by molar-refractivity contribution is 7.85. The largest absolute Gasteiger partial charge is 0.496 e. The van der Waals surface area contributed by atoms with Crippen LogP contribution in [-0.4, -0.2) is 47.9 Å². The van der Waals surface area contributed by atoms with E-state index in [4.69, 9.17) is 11.5 Å². The lowest BCUT2D eigenvalue weighted by atomic mass is 10.2. The zero-order valence-electron chi connectivity index (χ0n) is 22.4. The van der Waals surface area contributed by atoms with E-state index in [1.807, 2.05) is 10.9 Å². The monoisotopic (exact) mass is 641 g/mol. The summed E-state index contributed by atoms with van der Waals surface area (Å²) >= 11 is 0. The van der Waals surface area contributed by atoms with Gasteiger partial charge in [-0.1, -0.05) is 24.3 Å². The Hall–Kier alpha value is -5.33. The molecule has 0 saturated heterocycles. The van der Waals surface area contributed by atoms with Crippen LogP contribution in [0.25, 0.3) is 0 Å². The second kappa shape index (κ2) is 12.1. The molecule has 0 bridgehead atoms. The number of urea groups is 1. The van der Waals surface area contributed by atoms with Crippen LogP contribution in [0.1, 0.15) is 20.7 Å². The first-order valence-corrected chi connectivity index (χ1v) is 15.2. The van der Waals surface area contributed by atoms with Crippen molar-refractivity contribution in [1.29, 1.82) is 0 Å². The van der Waals surface area contributed by atoms with Gasteiger partial charge in [-0.05, 0) is 78.9 Å². The molecule has 4 aromatic rings. The van der Waals surface area contributed by atoms with E-state index in [-0.39, 0.29) is 33.9 Å². The van der Waals surface area contributed by atoms with Gasteiger partial charge in [0.2, 0.25) is 0 Å². The summed E-state index contributed by atoms with van der Waals surface area (Å²) in [7, 11) is -10.7. The normalized spacial score (nSPS) is 11.8. The molecule has 4 amide bonds. The maximum atomic E-state index is 14.5. The number of carbonyl (C=O) groups is 3. The molecule has 8 N–H and O–H groups in total. The van der Waals surface area contributed by atoms with Crippen molar-refractivity contribution in [1.82, 2.24) is 10.9 Å². The third kappa shape index (κ3) is 6.66. The van der Waals surface area contributed by atoms with E-state index >= 15 is 0 Å². The van der Waals surface area contributed by atoms with Gasteiger partial charge in [0.1, 0.15) is 0 Å². The van der Waals surface area contributed by atoms with Crippen LogP contribution in [0.15, 0.2) is 108 Å². The highest BCUT2D eigenvalue weighted by atomic mass is 32.2. The molecular formula is C27H25N6O9S2+. The van der Waals surface area contributed by atoms with Crippen LogP contribution in [0.5, 0.6) is 0 Å². The number of nitrogens with zero attached hydrogens (tertiary/aromatic N) is 2. The van der Waals surface area contributed by atoms with E-state index in [0.717, 1.165) is 18.2 Å². The molecule has 0 saturated carbocycles. The smallest absolute Gasteiger partial charge is 0.399 e. The van der Waals surface area contributed by atoms with Crippen molar-refractivity contribution in [2.24, 2.45) is 0 Å². The van der Waals surface area contributed by atoms with Gasteiger partial charge in [-0.3, -0.25) is 14.1 Å². The van der Waals surface area contributed by atoms with Gasteiger partial charge < -0.3 is 11.5 Å². The third-order valence-corrected chi connectivity index (χ3v) is 7.94. The minimum atomic E-state index is -5.88. The molecule has 0 aliphatic heterocycles. The van der Waals surface area contributed by atoms with Gasteiger partial charge in [0.25, 0.3) is 21.9 Å². The van der Waals surface area contributed by atoms with Crippen LogP contribution in [0, 0.1) is 0 Å². The van der Waals surface area contributed by atoms with E-state index in [2.05, 4.69) is 0 Å². The summed E-state index contributed by atoms with van der Waals surface area (Å²) < 4.78 is 67.8. The number of hydrogen-bond acceptors (Lipinski definition) is 9. The molecule has 0 aromatic heterocycles. The molecule has 0 atom stereocenters. The second-order valence-electron chi connectivity index (χ2n) is 9.11. The lowest BCUT2D eigenvalue weighted by Gasteiger charge is -2.33. The summed E-state index contributed by atoms with van der Waals surface area (Å²) in [5.41, 5.74) is 14.7. The van der Waals surface area contributed by atoms with Gasteiger partial charge in [0.15, 0.2) is 0 Å². The Morgan fingerprint density at radius 3 is 1.52 bits per heavy atom. The fourth-order valence-electron chi connectivity index (χ4n) is 3.89. The molecule has 17 heteroatoms. The predicted molar refractivity (Wildman–Crippen MR) is 159 cm³/mol. The lowest BCUT2D eigenvalue weighted by Crippen LogP contribution is -2.76. The van der Waals surface area contributed by atoms with E-state index < -0.39 is 47.3 Å². The van der Waals surface area contributed by atoms with Crippen LogP contribution in [0.2, 0.25) is 0 Å². The van der Waals surface area contributed by atoms with Crippen LogP contribution in [-0.2, 0) is 20.4 Å². The van der Waals surface area contributed by atoms with E-state index in [0.29, 0.717) is 4.90 Å². The van der Waals surface area contributed by atoms with E-state index in [1.165, 1.54) is 78.9 Å². The molecule has 4 aromatic carbocycles. The molecule has 0 fully saturated rings. The molecule has 0 radical (unpaired) electrons. The number of nitrogens with two attached hydrogens (primary N) is 2. The zero-order chi connectivity index (χ0) is 32.3. The Labute approximate surface area is 251 Å². The second-order valence-corrected chi connectivity index (χ2v) is 12.0. The maximum Gasteiger partial charge on any atom is 0.496 e. The molecule has 0 heterocycles. The maximum absolute atomic E-state index is 14.5. The SMILES string of the molecule is Nc1ccc(C(=O)N[N+](NC(=O)c2ccc(N)cc2)(C(=O)N(c2ccccc2)c2cccc(S(=O)(=O)O)c2)S(=O)(=O)O)cc1. The number of para-hydroxylation sites is 1. The molecular weight excluding hydrogens is 616 g/mol. The third-order valence-electron chi connectivity index (χ3n) is 6.06. The van der Waals surface area contributed by atoms with Crippen molar-refractivity contribution in [2.45, 2.75) is 4.90 Å². The van der Waals surface area contributed by atoms with Gasteiger partial charge >= 0.3 is 16.3 Å². The molecule has 15 nitrogen and oxygen atoms in total. The summed E-state index contributed by atoms with van der Waals surface area (Å²) in [5, 5.41) is 0. The Morgan fingerprint density at radius 1 is 0.636 bits per heavy atom. The Bertz CT molecular complexity index is 1880. The number of nitrogen functional groups attached to an aromatic ring is 2. The van der Waals surface area contributed by atoms with Crippen molar-refractivity contribution in [3.63, 3.8) is 0 Å². The summed E-state index contributed by atoms with van der Waals surface area (Å²) in [6.07, 6.45) is 0. The van der Waals surface area contributed by atoms with Crippen molar-refractivity contribution in [3.8, 4) is 0 Å². The average molecular weight is 642 g/mol. The highest BCUT2D eigenvalue weighted by Crippen LogP contribution is 2.31. The summed E-state index contributed by atoms with van der Waals surface area (Å²) in [6.45, 7) is 0. The Morgan fingerprint density at radius 2 is 1.09 bits per heavy atom. The van der Waals surface area contributed by atoms with Gasteiger partial charge in [-0.15, -0.1) is 19.3 Å². The van der Waals surface area contributed by atoms with Gasteiger partial charge in [0.05, 0.1) is 20.4 Å². The van der Waals surface area contributed by atoms with E-state index in [9.17, 15) is 40.3 Å². The van der Waals surface area contributed by atoms with Gasteiger partial charge in [0, 0.05) is 22.5 Å². The van der Waals surface area contributed by atoms with Crippen LogP contribution < -0.4 is 27.2 Å². The van der Waals surface area contributed by atoms with Crippen LogP contribution in [0.3, 0.4) is 0 Å². The Balaban J connectivity index is 1.97.